The Kier molecular flexibility index (Phi) is 3.94. The molecule has 3 aromatic carbocycles. The number of aromatic hydroxyl groups is 1. The first-order valence-corrected chi connectivity index (χ1v) is 10.2. The fourth-order valence-corrected chi connectivity index (χ4v) is 4.33. The molecule has 6 heteroatoms. The van der Waals surface area contributed by atoms with Gasteiger partial charge in [0.05, 0.1) is 17.1 Å². The normalized spacial score (nSPS) is 20.3. The van der Waals surface area contributed by atoms with Gasteiger partial charge in [0.25, 0.3) is 0 Å². The van der Waals surface area contributed by atoms with Crippen LogP contribution in [0.2, 0.25) is 0 Å². The van der Waals surface area contributed by atoms with Gasteiger partial charge in [0.2, 0.25) is 0 Å². The van der Waals surface area contributed by atoms with E-state index in [1.807, 2.05) is 36.4 Å². The molecule has 3 aliphatic heterocycles. The number of aromatic nitrogens is 2. The van der Waals surface area contributed by atoms with E-state index in [1.54, 1.807) is 12.1 Å². The van der Waals surface area contributed by atoms with E-state index in [0.29, 0.717) is 17.4 Å². The summed E-state index contributed by atoms with van der Waals surface area (Å²) < 4.78 is 0. The zero-order valence-corrected chi connectivity index (χ0v) is 16.4. The lowest BCUT2D eigenvalue weighted by Crippen LogP contribution is -2.59. The lowest BCUT2D eigenvalue weighted by atomic mass is 10.0. The molecule has 7 rings (SSSR count). The van der Waals surface area contributed by atoms with Crippen molar-refractivity contribution in [2.45, 2.75) is 12.5 Å². The van der Waals surface area contributed by atoms with E-state index >= 15 is 0 Å². The maximum absolute atomic E-state index is 10.3. The molecule has 2 N–H and O–H groups in total. The molecule has 2 atom stereocenters. The van der Waals surface area contributed by atoms with E-state index in [1.165, 1.54) is 0 Å². The van der Waals surface area contributed by atoms with Gasteiger partial charge in [-0.15, -0.1) is 0 Å². The van der Waals surface area contributed by atoms with Gasteiger partial charge < -0.3 is 5.11 Å². The second-order valence-corrected chi connectivity index (χ2v) is 7.82. The lowest BCUT2D eigenvalue weighted by Gasteiger charge is -2.42. The summed E-state index contributed by atoms with van der Waals surface area (Å²) in [5.74, 6) is 1.45. The smallest absolute Gasteiger partial charge is 0.165 e. The average Bonchev–Trinajstić information content (AvgIpc) is 3.43. The molecule has 0 radical (unpaired) electrons. The van der Waals surface area contributed by atoms with Crippen LogP contribution in [0.15, 0.2) is 72.8 Å². The third-order valence-electron chi connectivity index (χ3n) is 5.96. The average molecular weight is 395 g/mol. The molecule has 0 spiro atoms. The number of hydrogen-bond acceptors (Lipinski definition) is 6. The molecule has 0 aliphatic carbocycles. The van der Waals surface area contributed by atoms with Crippen molar-refractivity contribution < 1.29 is 5.11 Å². The molecule has 0 amide bonds. The van der Waals surface area contributed by atoms with Gasteiger partial charge in [-0.05, 0) is 41.8 Å². The standard InChI is InChI=1S/C24H21N5O/c30-22-9-5-4-8-19(22)23-25-21-11-10-17(16-6-2-1-3-7-16)14-20(21)24(26-23)27-29-18-12-13-28(29)15-18/h1-11,14,18,30H,12-13,15H2,(H,25,26,27)/t18-/m0/s1. The van der Waals surface area contributed by atoms with Gasteiger partial charge in [0.15, 0.2) is 11.6 Å². The van der Waals surface area contributed by atoms with Gasteiger partial charge in [0, 0.05) is 18.5 Å². The summed E-state index contributed by atoms with van der Waals surface area (Å²) in [5, 5.41) is 15.8. The van der Waals surface area contributed by atoms with Crippen molar-refractivity contribution in [1.82, 2.24) is 20.1 Å². The number of para-hydroxylation sites is 1. The Morgan fingerprint density at radius 3 is 2.50 bits per heavy atom. The van der Waals surface area contributed by atoms with Crippen LogP contribution in [0, 0.1) is 0 Å². The number of nitrogens with one attached hydrogen (secondary N) is 1. The van der Waals surface area contributed by atoms with Crippen LogP contribution < -0.4 is 5.43 Å². The number of phenolic OH excluding ortho intramolecular Hbond substituents is 1. The number of rotatable bonds is 4. The molecule has 4 aromatic rings. The molecule has 3 saturated heterocycles. The molecule has 4 heterocycles. The Labute approximate surface area is 174 Å². The molecule has 1 aromatic heterocycles. The Balaban J connectivity index is 1.50. The quantitative estimate of drug-likeness (QED) is 0.537. The summed E-state index contributed by atoms with van der Waals surface area (Å²) in [6.07, 6.45) is 1.16. The molecular formula is C24H21N5O. The Hall–Kier alpha value is -3.48. The molecule has 30 heavy (non-hydrogen) atoms. The molecule has 1 unspecified atom stereocenters. The van der Waals surface area contributed by atoms with Crippen molar-refractivity contribution in [3.8, 4) is 28.3 Å². The maximum atomic E-state index is 10.3. The van der Waals surface area contributed by atoms with Crippen LogP contribution in [-0.2, 0) is 0 Å². The summed E-state index contributed by atoms with van der Waals surface area (Å²) in [5.41, 5.74) is 7.26. The molecule has 6 nitrogen and oxygen atoms in total. The SMILES string of the molecule is Oc1ccccc1-c1nc(NN2[C@H]3CCN2C3)c2cc(-c3ccccc3)ccc2n1. The fraction of sp³-hybridized carbons (Fsp3) is 0.167. The summed E-state index contributed by atoms with van der Waals surface area (Å²) in [6.45, 7) is 2.17. The monoisotopic (exact) mass is 395 g/mol. The minimum atomic E-state index is 0.177. The predicted octanol–water partition coefficient (Wildman–Crippen LogP) is 4.30. The zero-order valence-electron chi connectivity index (χ0n) is 16.4. The van der Waals surface area contributed by atoms with Gasteiger partial charge in [-0.1, -0.05) is 48.5 Å². The van der Waals surface area contributed by atoms with Gasteiger partial charge in [0.1, 0.15) is 5.75 Å². The summed E-state index contributed by atoms with van der Waals surface area (Å²) >= 11 is 0. The van der Waals surface area contributed by atoms with Crippen molar-refractivity contribution in [2.24, 2.45) is 0 Å². The molecule has 3 fully saturated rings. The third kappa shape index (κ3) is 2.81. The van der Waals surface area contributed by atoms with Crippen LogP contribution in [0.25, 0.3) is 33.4 Å². The Morgan fingerprint density at radius 1 is 0.900 bits per heavy atom. The summed E-state index contributed by atoms with van der Waals surface area (Å²) in [6, 6.07) is 24.3. The number of anilines is 1. The van der Waals surface area contributed by atoms with Crippen molar-refractivity contribution in [3.05, 3.63) is 72.8 Å². The van der Waals surface area contributed by atoms with Crippen LogP contribution in [-0.4, -0.2) is 44.3 Å². The maximum Gasteiger partial charge on any atom is 0.165 e. The topological polar surface area (TPSA) is 64.5 Å². The van der Waals surface area contributed by atoms with E-state index < -0.39 is 0 Å². The lowest BCUT2D eigenvalue weighted by molar-refractivity contribution is -0.0759. The van der Waals surface area contributed by atoms with Crippen molar-refractivity contribution in [1.29, 1.82) is 0 Å². The van der Waals surface area contributed by atoms with Crippen LogP contribution in [0.3, 0.4) is 0 Å². The van der Waals surface area contributed by atoms with E-state index in [-0.39, 0.29) is 5.75 Å². The predicted molar refractivity (Wildman–Crippen MR) is 118 cm³/mol. The number of phenols is 1. The number of nitrogens with zero attached hydrogens (tertiary/aromatic N) is 4. The van der Waals surface area contributed by atoms with Crippen LogP contribution in [0.5, 0.6) is 5.75 Å². The molecule has 3 aliphatic rings. The third-order valence-corrected chi connectivity index (χ3v) is 5.96. The minimum Gasteiger partial charge on any atom is -0.507 e. The van der Waals surface area contributed by atoms with Crippen molar-refractivity contribution >= 4 is 16.7 Å². The van der Waals surface area contributed by atoms with Gasteiger partial charge in [-0.3, -0.25) is 5.43 Å². The first kappa shape index (κ1) is 17.4. The largest absolute Gasteiger partial charge is 0.507 e. The fourth-order valence-electron chi connectivity index (χ4n) is 4.33. The van der Waals surface area contributed by atoms with Gasteiger partial charge in [-0.25, -0.2) is 15.0 Å². The number of hydrazine groups is 2. The van der Waals surface area contributed by atoms with E-state index in [2.05, 4.69) is 39.8 Å². The van der Waals surface area contributed by atoms with Crippen molar-refractivity contribution in [3.63, 3.8) is 0 Å². The zero-order chi connectivity index (χ0) is 20.1. The van der Waals surface area contributed by atoms with Gasteiger partial charge in [-0.2, -0.15) is 5.12 Å². The molecule has 0 saturated carbocycles. The minimum absolute atomic E-state index is 0.177. The van der Waals surface area contributed by atoms with E-state index in [0.717, 1.165) is 47.4 Å². The summed E-state index contributed by atoms with van der Waals surface area (Å²) in [4.78, 5) is 9.60. The first-order valence-electron chi connectivity index (χ1n) is 10.2. The molecule has 2 bridgehead atoms. The van der Waals surface area contributed by atoms with Crippen molar-refractivity contribution in [2.75, 3.05) is 18.5 Å². The van der Waals surface area contributed by atoms with Gasteiger partial charge >= 0.3 is 0 Å². The highest BCUT2D eigenvalue weighted by molar-refractivity contribution is 5.94. The number of hydrogen-bond donors (Lipinski definition) is 2. The number of benzene rings is 3. The van der Waals surface area contributed by atoms with Crippen LogP contribution in [0.1, 0.15) is 6.42 Å². The molecular weight excluding hydrogens is 374 g/mol. The van der Waals surface area contributed by atoms with E-state index in [9.17, 15) is 5.11 Å². The highest BCUT2D eigenvalue weighted by Crippen LogP contribution is 2.35. The highest BCUT2D eigenvalue weighted by Gasteiger charge is 2.43. The Bertz CT molecular complexity index is 1230. The highest BCUT2D eigenvalue weighted by atomic mass is 16.3. The number of fused-ring (bicyclic) bond motifs is 2. The summed E-state index contributed by atoms with van der Waals surface area (Å²) in [7, 11) is 0. The van der Waals surface area contributed by atoms with E-state index in [4.69, 9.17) is 9.97 Å². The molecule has 148 valence electrons. The Morgan fingerprint density at radius 2 is 1.73 bits per heavy atom. The van der Waals surface area contributed by atoms with Crippen LogP contribution in [0.4, 0.5) is 5.82 Å². The van der Waals surface area contributed by atoms with Crippen LogP contribution >= 0.6 is 0 Å². The first-order chi connectivity index (χ1) is 14.8. The second kappa shape index (κ2) is 6.79. The second-order valence-electron chi connectivity index (χ2n) is 7.82.